The maximum atomic E-state index is 12.2. The Balaban J connectivity index is 1.72. The molecule has 8 nitrogen and oxygen atoms in total. The summed E-state index contributed by atoms with van der Waals surface area (Å²) in [4.78, 5) is 32.1. The molecule has 0 bridgehead atoms. The van der Waals surface area contributed by atoms with Gasteiger partial charge in [-0.3, -0.25) is 9.69 Å². The Morgan fingerprint density at radius 3 is 2.96 bits per heavy atom. The highest BCUT2D eigenvalue weighted by Gasteiger charge is 2.33. The molecule has 2 amide bonds. The molecule has 0 radical (unpaired) electrons. The molecule has 1 aromatic carbocycles. The topological polar surface area (TPSA) is 83.5 Å². The second-order valence-corrected chi connectivity index (χ2v) is 6.34. The normalized spacial score (nSPS) is 20.8. The molecule has 2 aliphatic rings. The van der Waals surface area contributed by atoms with Gasteiger partial charge in [0.25, 0.3) is 0 Å². The summed E-state index contributed by atoms with van der Waals surface area (Å²) >= 11 is 0. The average Bonchev–Trinajstić information content (AvgIpc) is 3.02. The largest absolute Gasteiger partial charge is 0.442 e. The fourth-order valence-electron chi connectivity index (χ4n) is 3.22. The van der Waals surface area contributed by atoms with Crippen LogP contribution in [0.15, 0.2) is 23.4 Å². The molecule has 2 heterocycles. The van der Waals surface area contributed by atoms with Crippen molar-refractivity contribution in [3.05, 3.63) is 23.8 Å². The van der Waals surface area contributed by atoms with Gasteiger partial charge in [0.05, 0.1) is 13.1 Å². The minimum absolute atomic E-state index is 0.0511. The molecule has 3 rings (SSSR count). The van der Waals surface area contributed by atoms with E-state index >= 15 is 0 Å². The van der Waals surface area contributed by atoms with Crippen LogP contribution in [0.3, 0.4) is 0 Å². The number of ether oxygens (including phenoxy) is 1. The Hall–Kier alpha value is -2.77. The quantitative estimate of drug-likeness (QED) is 0.811. The smallest absolute Gasteiger partial charge is 0.414 e. The highest BCUT2D eigenvalue weighted by molar-refractivity contribution is 6.00. The van der Waals surface area contributed by atoms with Gasteiger partial charge in [-0.05, 0) is 30.2 Å². The van der Waals surface area contributed by atoms with Gasteiger partial charge < -0.3 is 19.8 Å². The molecule has 26 heavy (non-hydrogen) atoms. The monoisotopic (exact) mass is 360 g/mol. The third-order valence-electron chi connectivity index (χ3n) is 4.66. The number of carbonyl (C=O) groups excluding carboxylic acids is 2. The fraction of sp³-hybridized carbons (Fsp3) is 0.500. The molecule has 1 fully saturated rings. The summed E-state index contributed by atoms with van der Waals surface area (Å²) in [6.07, 6.45) is 1.30. The number of amidine groups is 1. The van der Waals surface area contributed by atoms with E-state index in [4.69, 9.17) is 9.57 Å². The summed E-state index contributed by atoms with van der Waals surface area (Å²) in [6, 6.07) is 5.90. The van der Waals surface area contributed by atoms with E-state index in [-0.39, 0.29) is 18.1 Å². The highest BCUT2D eigenvalue weighted by Crippen LogP contribution is 2.32. The summed E-state index contributed by atoms with van der Waals surface area (Å²) in [5.74, 6) is 0.824. The highest BCUT2D eigenvalue weighted by atomic mass is 16.6. The molecule has 2 aliphatic heterocycles. The van der Waals surface area contributed by atoms with E-state index in [2.05, 4.69) is 10.5 Å². The van der Waals surface area contributed by atoms with Gasteiger partial charge in [0.2, 0.25) is 5.91 Å². The number of nitrogens with zero attached hydrogens (tertiary/aromatic N) is 3. The lowest BCUT2D eigenvalue weighted by molar-refractivity contribution is -0.121. The van der Waals surface area contributed by atoms with E-state index < -0.39 is 0 Å². The summed E-state index contributed by atoms with van der Waals surface area (Å²) in [5, 5.41) is 6.82. The Labute approximate surface area is 152 Å². The summed E-state index contributed by atoms with van der Waals surface area (Å²) in [5.41, 5.74) is 3.00. The maximum Gasteiger partial charge on any atom is 0.414 e. The molecule has 1 aromatic rings. The number of hydrogen-bond donors (Lipinski definition) is 1. The van der Waals surface area contributed by atoms with E-state index in [1.807, 2.05) is 30.1 Å². The number of fused-ring (bicyclic) bond motifs is 1. The molecule has 140 valence electrons. The van der Waals surface area contributed by atoms with Crippen LogP contribution in [0.2, 0.25) is 0 Å². The fourth-order valence-corrected chi connectivity index (χ4v) is 3.22. The number of benzene rings is 1. The molecule has 0 spiro atoms. The van der Waals surface area contributed by atoms with Crippen molar-refractivity contribution >= 4 is 29.2 Å². The number of aryl methyl sites for hydroxylation is 1. The van der Waals surface area contributed by atoms with Crippen molar-refractivity contribution in [2.24, 2.45) is 5.16 Å². The number of hydrogen-bond acceptors (Lipinski definition) is 5. The Kier molecular flexibility index (Phi) is 5.29. The zero-order valence-electron chi connectivity index (χ0n) is 15.3. The van der Waals surface area contributed by atoms with E-state index in [9.17, 15) is 9.59 Å². The summed E-state index contributed by atoms with van der Waals surface area (Å²) in [7, 11) is 3.49. The molecular formula is C18H24N4O4. The standard InChI is InChI=1S/C18H24N4O4/c1-4-17(23)19-10-14-11-22(18(24)26-14)13-6-7-15-12(9-13)5-8-16(20-25-3)21(15)2/h6-7,9,14H,4-5,8,10-11H2,1-3H3,(H,19,23)/t14-/m0/s1. The molecule has 1 saturated heterocycles. The van der Waals surface area contributed by atoms with E-state index in [0.29, 0.717) is 19.5 Å². The molecule has 0 aliphatic carbocycles. The third kappa shape index (κ3) is 3.58. The molecule has 1 N–H and O–H groups in total. The van der Waals surface area contributed by atoms with Crippen molar-refractivity contribution in [1.29, 1.82) is 0 Å². The van der Waals surface area contributed by atoms with Crippen LogP contribution in [-0.2, 0) is 20.8 Å². The van der Waals surface area contributed by atoms with Crippen molar-refractivity contribution in [2.45, 2.75) is 32.3 Å². The van der Waals surface area contributed by atoms with Gasteiger partial charge in [-0.1, -0.05) is 12.1 Å². The number of anilines is 2. The first-order chi connectivity index (χ1) is 12.5. The second kappa shape index (κ2) is 7.63. The van der Waals surface area contributed by atoms with Crippen LogP contribution in [0.4, 0.5) is 16.2 Å². The van der Waals surface area contributed by atoms with Crippen LogP contribution in [-0.4, -0.2) is 51.2 Å². The minimum atomic E-state index is -0.383. The summed E-state index contributed by atoms with van der Waals surface area (Å²) in [6.45, 7) is 2.54. The van der Waals surface area contributed by atoms with E-state index in [0.717, 1.165) is 35.6 Å². The molecule has 0 saturated carbocycles. The van der Waals surface area contributed by atoms with Crippen LogP contribution in [0.1, 0.15) is 25.3 Å². The number of oxime groups is 1. The predicted octanol–water partition coefficient (Wildman–Crippen LogP) is 1.88. The summed E-state index contributed by atoms with van der Waals surface area (Å²) < 4.78 is 5.36. The first-order valence-corrected chi connectivity index (χ1v) is 8.75. The van der Waals surface area contributed by atoms with Gasteiger partial charge in [-0.15, -0.1) is 0 Å². The van der Waals surface area contributed by atoms with Gasteiger partial charge in [0.1, 0.15) is 19.0 Å². The SMILES string of the molecule is CCC(=O)NC[C@H]1CN(c2ccc3c(c2)CCC(=NOC)N3C)C(=O)O1. The zero-order valence-corrected chi connectivity index (χ0v) is 15.3. The molecule has 1 atom stereocenters. The molecule has 0 unspecified atom stereocenters. The van der Waals surface area contributed by atoms with Crippen LogP contribution >= 0.6 is 0 Å². The minimum Gasteiger partial charge on any atom is -0.442 e. The van der Waals surface area contributed by atoms with E-state index in [1.165, 1.54) is 7.11 Å². The van der Waals surface area contributed by atoms with Gasteiger partial charge in [-0.25, -0.2) is 4.79 Å². The van der Waals surface area contributed by atoms with Crippen molar-refractivity contribution in [2.75, 3.05) is 37.0 Å². The first kappa shape index (κ1) is 18.0. The van der Waals surface area contributed by atoms with Crippen LogP contribution < -0.4 is 15.1 Å². The van der Waals surface area contributed by atoms with Gasteiger partial charge >= 0.3 is 6.09 Å². The average molecular weight is 360 g/mol. The molecule has 8 heteroatoms. The second-order valence-electron chi connectivity index (χ2n) is 6.34. The molecular weight excluding hydrogens is 336 g/mol. The van der Waals surface area contributed by atoms with Gasteiger partial charge in [0.15, 0.2) is 0 Å². The van der Waals surface area contributed by atoms with Crippen molar-refractivity contribution < 1.29 is 19.2 Å². The Bertz CT molecular complexity index is 734. The van der Waals surface area contributed by atoms with Gasteiger partial charge in [-0.2, -0.15) is 0 Å². The number of cyclic esters (lactones) is 1. The van der Waals surface area contributed by atoms with Crippen molar-refractivity contribution in [3.8, 4) is 0 Å². The van der Waals surface area contributed by atoms with E-state index in [1.54, 1.807) is 11.8 Å². The number of rotatable bonds is 5. The lowest BCUT2D eigenvalue weighted by atomic mass is 10.0. The van der Waals surface area contributed by atoms with Crippen LogP contribution in [0, 0.1) is 0 Å². The van der Waals surface area contributed by atoms with Crippen LogP contribution in [0.5, 0.6) is 0 Å². The van der Waals surface area contributed by atoms with Gasteiger partial charge in [0, 0.05) is 31.3 Å². The Morgan fingerprint density at radius 2 is 2.23 bits per heavy atom. The lowest BCUT2D eigenvalue weighted by Gasteiger charge is -2.29. The molecule has 0 aromatic heterocycles. The maximum absolute atomic E-state index is 12.2. The number of amides is 2. The number of nitrogens with one attached hydrogen (secondary N) is 1. The zero-order chi connectivity index (χ0) is 18.7. The third-order valence-corrected chi connectivity index (χ3v) is 4.66. The lowest BCUT2D eigenvalue weighted by Crippen LogP contribution is -2.34. The predicted molar refractivity (Wildman–Crippen MR) is 98.5 cm³/mol. The van der Waals surface area contributed by atoms with Crippen molar-refractivity contribution in [1.82, 2.24) is 5.32 Å². The van der Waals surface area contributed by atoms with Crippen molar-refractivity contribution in [3.63, 3.8) is 0 Å². The Morgan fingerprint density at radius 1 is 1.42 bits per heavy atom. The van der Waals surface area contributed by atoms with Crippen LogP contribution in [0.25, 0.3) is 0 Å². The first-order valence-electron chi connectivity index (χ1n) is 8.75. The number of carbonyl (C=O) groups is 2.